The Hall–Kier alpha value is -2.43. The van der Waals surface area contributed by atoms with E-state index in [1.165, 1.54) is 0 Å². The number of fused-ring (bicyclic) bond motifs is 1. The van der Waals surface area contributed by atoms with Crippen molar-refractivity contribution in [3.05, 3.63) is 0 Å². The molecule has 0 aromatic heterocycles. The molecule has 4 rings (SSSR count). The summed E-state index contributed by atoms with van der Waals surface area (Å²) in [5, 5.41) is -4.76. The maximum Gasteiger partial charge on any atom is 0.405 e. The van der Waals surface area contributed by atoms with E-state index in [0.29, 0.717) is 19.8 Å². The van der Waals surface area contributed by atoms with Gasteiger partial charge in [0.25, 0.3) is 0 Å². The van der Waals surface area contributed by atoms with Crippen LogP contribution in [0.4, 0.5) is 8.78 Å². The van der Waals surface area contributed by atoms with Crippen molar-refractivity contribution in [1.82, 2.24) is 0 Å². The Morgan fingerprint density at radius 2 is 1.74 bits per heavy atom. The number of hydrogen-bond acceptors (Lipinski definition) is 12. The van der Waals surface area contributed by atoms with Gasteiger partial charge in [0.2, 0.25) is 0 Å². The Bertz CT molecular complexity index is 1090. The van der Waals surface area contributed by atoms with E-state index in [9.17, 15) is 36.4 Å². The van der Waals surface area contributed by atoms with E-state index in [-0.39, 0.29) is 0 Å². The molecule has 3 heterocycles. The summed E-state index contributed by atoms with van der Waals surface area (Å²) in [4.78, 5) is 49.5. The highest BCUT2D eigenvalue weighted by molar-refractivity contribution is 7.86. The number of ether oxygens (including phenoxy) is 6. The molecule has 1 N–H and O–H groups in total. The van der Waals surface area contributed by atoms with Crippen LogP contribution in [0.2, 0.25) is 0 Å². The molecule has 7 atom stereocenters. The average Bonchev–Trinajstić information content (AvgIpc) is 3.42. The molecule has 4 fully saturated rings. The largest absolute Gasteiger partial charge is 0.459 e. The number of alkyl halides is 2. The van der Waals surface area contributed by atoms with Crippen LogP contribution in [0.1, 0.15) is 46.0 Å². The first-order valence-electron chi connectivity index (χ1n) is 12.0. The molecule has 0 aromatic carbocycles. The molecule has 0 amide bonds. The molecule has 4 aliphatic rings. The van der Waals surface area contributed by atoms with Gasteiger partial charge in [0.1, 0.15) is 42.9 Å². The highest BCUT2D eigenvalue weighted by Gasteiger charge is 2.72. The van der Waals surface area contributed by atoms with Crippen molar-refractivity contribution in [1.29, 1.82) is 0 Å². The van der Waals surface area contributed by atoms with Crippen LogP contribution in [0.5, 0.6) is 0 Å². The SMILES string of the molecule is CC(OC(=O)COCC(=O)OC1C2OC(=O)C3C2OC1C3C(=O)OC1(C)CCCCC1)C(F)(F)S(=O)(=O)O. The molecule has 214 valence electrons. The Balaban J connectivity index is 1.30. The minimum Gasteiger partial charge on any atom is -0.459 e. The van der Waals surface area contributed by atoms with E-state index in [0.717, 1.165) is 19.3 Å². The Labute approximate surface area is 216 Å². The predicted molar refractivity (Wildman–Crippen MR) is 116 cm³/mol. The van der Waals surface area contributed by atoms with Crippen molar-refractivity contribution in [2.24, 2.45) is 11.8 Å². The first kappa shape index (κ1) is 28.6. The quantitative estimate of drug-likeness (QED) is 0.219. The Morgan fingerprint density at radius 1 is 1.11 bits per heavy atom. The van der Waals surface area contributed by atoms with Gasteiger partial charge in [0.05, 0.1) is 0 Å². The minimum atomic E-state index is -5.84. The monoisotopic (exact) mass is 570 g/mol. The second kappa shape index (κ2) is 10.3. The van der Waals surface area contributed by atoms with Crippen molar-refractivity contribution in [3.63, 3.8) is 0 Å². The molecule has 3 aliphatic heterocycles. The number of halogens is 2. The molecule has 0 aromatic rings. The van der Waals surface area contributed by atoms with E-state index >= 15 is 0 Å². The lowest BCUT2D eigenvalue weighted by Crippen LogP contribution is -2.49. The van der Waals surface area contributed by atoms with Crippen molar-refractivity contribution in [2.45, 2.75) is 87.3 Å². The standard InChI is InChI=1S/C22H28F2O13S/c1-10(22(23,24)38(29,30)31)33-11(25)8-32-9-12(26)34-17-16-14(13-15(35-16)18(17)36-19(13)27)20(28)37-21(2)6-4-3-5-7-21/h10,13-18H,3-9H2,1-2H3,(H,29,30,31). The van der Waals surface area contributed by atoms with E-state index in [2.05, 4.69) is 4.74 Å². The summed E-state index contributed by atoms with van der Waals surface area (Å²) < 4.78 is 88.1. The number of esters is 4. The van der Waals surface area contributed by atoms with Crippen LogP contribution < -0.4 is 0 Å². The predicted octanol–water partition coefficient (Wildman–Crippen LogP) is 0.532. The second-order valence-corrected chi connectivity index (χ2v) is 11.6. The lowest BCUT2D eigenvalue weighted by molar-refractivity contribution is -0.177. The molecule has 0 spiro atoms. The van der Waals surface area contributed by atoms with Crippen LogP contribution in [-0.4, -0.2) is 91.4 Å². The van der Waals surface area contributed by atoms with Crippen LogP contribution in [0.15, 0.2) is 0 Å². The summed E-state index contributed by atoms with van der Waals surface area (Å²) in [6.07, 6.45) is -2.22. The minimum absolute atomic E-state index is 0.543. The van der Waals surface area contributed by atoms with Crippen LogP contribution in [0.3, 0.4) is 0 Å². The molecule has 2 bridgehead atoms. The van der Waals surface area contributed by atoms with Gasteiger partial charge in [-0.1, -0.05) is 6.42 Å². The Morgan fingerprint density at radius 3 is 2.37 bits per heavy atom. The fourth-order valence-electron chi connectivity index (χ4n) is 5.36. The average molecular weight is 571 g/mol. The molecule has 16 heteroatoms. The summed E-state index contributed by atoms with van der Waals surface area (Å²) in [7, 11) is -5.84. The molecule has 38 heavy (non-hydrogen) atoms. The summed E-state index contributed by atoms with van der Waals surface area (Å²) in [5.74, 6) is -5.70. The second-order valence-electron chi connectivity index (χ2n) is 10.1. The van der Waals surface area contributed by atoms with Crippen LogP contribution in [-0.2, 0) is 57.7 Å². The molecule has 3 saturated heterocycles. The van der Waals surface area contributed by atoms with Gasteiger partial charge in [-0.2, -0.15) is 17.2 Å². The molecular formula is C22H28F2O13S. The van der Waals surface area contributed by atoms with Crippen LogP contribution in [0, 0.1) is 11.8 Å². The molecule has 13 nitrogen and oxygen atoms in total. The van der Waals surface area contributed by atoms with Crippen LogP contribution in [0.25, 0.3) is 0 Å². The normalized spacial score (nSPS) is 32.4. The maximum atomic E-state index is 13.5. The number of rotatable bonds is 10. The number of carbonyl (C=O) groups is 4. The fraction of sp³-hybridized carbons (Fsp3) is 0.818. The van der Waals surface area contributed by atoms with Gasteiger partial charge in [0.15, 0.2) is 18.3 Å². The van der Waals surface area contributed by atoms with Crippen molar-refractivity contribution < 1.29 is 69.4 Å². The first-order valence-corrected chi connectivity index (χ1v) is 13.5. The zero-order chi connectivity index (χ0) is 28.0. The molecular weight excluding hydrogens is 542 g/mol. The van der Waals surface area contributed by atoms with Crippen molar-refractivity contribution in [3.8, 4) is 0 Å². The van der Waals surface area contributed by atoms with E-state index in [1.807, 2.05) is 6.92 Å². The van der Waals surface area contributed by atoms with Crippen molar-refractivity contribution in [2.75, 3.05) is 13.2 Å². The van der Waals surface area contributed by atoms with E-state index in [1.54, 1.807) is 0 Å². The zero-order valence-electron chi connectivity index (χ0n) is 20.5. The van der Waals surface area contributed by atoms with Gasteiger partial charge in [-0.05, 0) is 39.5 Å². The third kappa shape index (κ3) is 5.35. The smallest absolute Gasteiger partial charge is 0.405 e. The van der Waals surface area contributed by atoms with Crippen LogP contribution >= 0.6 is 0 Å². The van der Waals surface area contributed by atoms with Gasteiger partial charge in [-0.15, -0.1) is 0 Å². The van der Waals surface area contributed by atoms with Gasteiger partial charge in [-0.3, -0.25) is 14.1 Å². The van der Waals surface area contributed by atoms with E-state index < -0.39 is 100 Å². The molecule has 0 radical (unpaired) electrons. The number of hydrogen-bond donors (Lipinski definition) is 1. The summed E-state index contributed by atoms with van der Waals surface area (Å²) in [6.45, 7) is 0.491. The van der Waals surface area contributed by atoms with Gasteiger partial charge < -0.3 is 28.4 Å². The Kier molecular flexibility index (Phi) is 7.73. The summed E-state index contributed by atoms with van der Waals surface area (Å²) in [5.41, 5.74) is -0.670. The molecule has 7 unspecified atom stereocenters. The maximum absolute atomic E-state index is 13.5. The molecule has 1 aliphatic carbocycles. The fourth-order valence-corrected chi connectivity index (χ4v) is 5.83. The van der Waals surface area contributed by atoms with E-state index in [4.69, 9.17) is 28.2 Å². The highest BCUT2D eigenvalue weighted by atomic mass is 32.2. The van der Waals surface area contributed by atoms with Gasteiger partial charge in [0, 0.05) is 0 Å². The third-order valence-electron chi connectivity index (χ3n) is 7.27. The lowest BCUT2D eigenvalue weighted by atomic mass is 9.78. The third-order valence-corrected chi connectivity index (χ3v) is 8.29. The highest BCUT2D eigenvalue weighted by Crippen LogP contribution is 2.52. The van der Waals surface area contributed by atoms with Crippen molar-refractivity contribution >= 4 is 34.0 Å². The summed E-state index contributed by atoms with van der Waals surface area (Å²) in [6, 6.07) is 0. The summed E-state index contributed by atoms with van der Waals surface area (Å²) >= 11 is 0. The van der Waals surface area contributed by atoms with Gasteiger partial charge >= 0.3 is 39.2 Å². The van der Waals surface area contributed by atoms with Gasteiger partial charge in [-0.25, -0.2) is 9.59 Å². The number of carbonyl (C=O) groups excluding carboxylic acids is 4. The first-order chi connectivity index (χ1) is 17.6. The lowest BCUT2D eigenvalue weighted by Gasteiger charge is -2.35. The topological polar surface area (TPSA) is 178 Å². The zero-order valence-corrected chi connectivity index (χ0v) is 21.3. The molecule has 1 saturated carbocycles.